The van der Waals surface area contributed by atoms with Crippen LogP contribution in [0.25, 0.3) is 0 Å². The highest BCUT2D eigenvalue weighted by atomic mass is 32.7. The molecule has 2 aromatic rings. The number of amides is 1. The lowest BCUT2D eigenvalue weighted by Gasteiger charge is -2.46. The van der Waals surface area contributed by atoms with Crippen molar-refractivity contribution in [1.82, 2.24) is 5.32 Å². The van der Waals surface area contributed by atoms with E-state index >= 15 is 0 Å². The molecule has 0 aliphatic carbocycles. The van der Waals surface area contributed by atoms with E-state index in [1.807, 2.05) is 45.0 Å². The van der Waals surface area contributed by atoms with Gasteiger partial charge in [0.25, 0.3) is 5.91 Å². The summed E-state index contributed by atoms with van der Waals surface area (Å²) in [6.07, 6.45) is 2.67. The summed E-state index contributed by atoms with van der Waals surface area (Å²) < 4.78 is 14.5. The van der Waals surface area contributed by atoms with E-state index in [0.29, 0.717) is 17.7 Å². The molecule has 0 spiro atoms. The van der Waals surface area contributed by atoms with Gasteiger partial charge in [-0.25, -0.2) is 0 Å². The van der Waals surface area contributed by atoms with Gasteiger partial charge in [-0.2, -0.15) is 0 Å². The van der Waals surface area contributed by atoms with Crippen molar-refractivity contribution in [2.75, 3.05) is 11.3 Å². The number of nitrogens with zero attached hydrogens (tertiary/aromatic N) is 1. The fourth-order valence-electron chi connectivity index (χ4n) is 4.08. The Balaban J connectivity index is 2.76. The van der Waals surface area contributed by atoms with Crippen LogP contribution in [0.15, 0.2) is 60.7 Å². The number of thiol groups is 1. The Hall–Kier alpha value is -1.79. The number of benzene rings is 2. The molecule has 0 aliphatic rings. The van der Waals surface area contributed by atoms with E-state index in [4.69, 9.17) is 0 Å². The molecule has 0 bridgehead atoms. The molecule has 2 rings (SSSR count). The summed E-state index contributed by atoms with van der Waals surface area (Å²) in [4.78, 5) is 24.9. The molecule has 3 N–H and O–H groups in total. The van der Waals surface area contributed by atoms with Crippen LogP contribution < -0.4 is 9.99 Å². The summed E-state index contributed by atoms with van der Waals surface area (Å²) >= 11 is 4.10. The molecule has 176 valence electrons. The van der Waals surface area contributed by atoms with Crippen molar-refractivity contribution in [3.63, 3.8) is 0 Å². The van der Waals surface area contributed by atoms with Gasteiger partial charge in [-0.05, 0) is 36.5 Å². The molecule has 0 saturated carbocycles. The number of nitrogens with one attached hydrogen (secondary N) is 1. The van der Waals surface area contributed by atoms with Crippen molar-refractivity contribution in [2.24, 2.45) is 5.92 Å². The number of rotatable bonds is 12. The van der Waals surface area contributed by atoms with E-state index < -0.39 is 24.2 Å². The molecule has 6 nitrogen and oxygen atoms in total. The van der Waals surface area contributed by atoms with Crippen LogP contribution in [0, 0.1) is 5.92 Å². The van der Waals surface area contributed by atoms with Gasteiger partial charge in [0.15, 0.2) is 5.54 Å². The molecule has 2 aromatic carbocycles. The van der Waals surface area contributed by atoms with Gasteiger partial charge in [-0.3, -0.25) is 14.0 Å². The third-order valence-electron chi connectivity index (χ3n) is 5.42. The predicted octanol–water partition coefficient (Wildman–Crippen LogP) is 5.13. The second kappa shape index (κ2) is 11.9. The minimum absolute atomic E-state index is 0.00951. The van der Waals surface area contributed by atoms with Gasteiger partial charge < -0.3 is 15.3 Å². The average Bonchev–Trinajstić information content (AvgIpc) is 2.76. The standard InChI is InChI=1S/C24H35N2O4PS/c1-4-5-14-21(18-27)25-23(28)24(17-19(2)3,20-12-8-6-9-13-20)26(31(29,30)32)22-15-10-7-11-16-22/h6-13,15-16,19,21,27H,4-5,14,17-18H2,1-3H3,(H,25,28)(H2,29,30,32)/t21-,24+/m0/s1. The van der Waals surface area contributed by atoms with Gasteiger partial charge in [0, 0.05) is 5.69 Å². The van der Waals surface area contributed by atoms with Crippen LogP contribution in [0.3, 0.4) is 0 Å². The highest BCUT2D eigenvalue weighted by Crippen LogP contribution is 2.59. The summed E-state index contributed by atoms with van der Waals surface area (Å²) in [7, 11) is 0. The van der Waals surface area contributed by atoms with E-state index in [-0.39, 0.29) is 18.9 Å². The first-order chi connectivity index (χ1) is 15.2. The number of aliphatic hydroxyl groups is 1. The van der Waals surface area contributed by atoms with Gasteiger partial charge in [0.1, 0.15) is 0 Å². The van der Waals surface area contributed by atoms with Crippen LogP contribution >= 0.6 is 19.0 Å². The number of hydrogen-bond donors (Lipinski definition) is 4. The first kappa shape index (κ1) is 26.5. The molecule has 0 aliphatic heterocycles. The molecule has 0 heterocycles. The van der Waals surface area contributed by atoms with Gasteiger partial charge in [-0.15, -0.1) is 0 Å². The molecule has 32 heavy (non-hydrogen) atoms. The van der Waals surface area contributed by atoms with E-state index in [2.05, 4.69) is 17.6 Å². The zero-order valence-electron chi connectivity index (χ0n) is 19.0. The van der Waals surface area contributed by atoms with Crippen molar-refractivity contribution < 1.29 is 19.4 Å². The van der Waals surface area contributed by atoms with Gasteiger partial charge in [-0.1, -0.05) is 94.4 Å². The highest BCUT2D eigenvalue weighted by molar-refractivity contribution is 8.46. The largest absolute Gasteiger partial charge is 0.394 e. The molecule has 3 atom stereocenters. The Morgan fingerprint density at radius 2 is 1.69 bits per heavy atom. The SMILES string of the molecule is CCCC[C@@H](CO)NC(=O)[C@@](CC(C)C)(c1ccccc1)N(c1ccccc1)P(=O)(O)S. The van der Waals surface area contributed by atoms with Crippen LogP contribution in [0.1, 0.15) is 52.0 Å². The molecule has 0 saturated heterocycles. The number of aliphatic hydroxyl groups excluding tert-OH is 1. The zero-order valence-corrected chi connectivity index (χ0v) is 20.8. The van der Waals surface area contributed by atoms with Crippen LogP contribution in [-0.2, 0) is 14.9 Å². The molecule has 1 amide bonds. The van der Waals surface area contributed by atoms with E-state index in [9.17, 15) is 19.4 Å². The fourth-order valence-corrected chi connectivity index (χ4v) is 6.01. The summed E-state index contributed by atoms with van der Waals surface area (Å²) in [6, 6.07) is 17.3. The monoisotopic (exact) mass is 478 g/mol. The minimum atomic E-state index is -4.26. The molecule has 8 heteroatoms. The van der Waals surface area contributed by atoms with E-state index in [0.717, 1.165) is 12.8 Å². The Kier molecular flexibility index (Phi) is 9.83. The van der Waals surface area contributed by atoms with Crippen molar-refractivity contribution in [3.05, 3.63) is 66.2 Å². The van der Waals surface area contributed by atoms with Gasteiger partial charge in [0.05, 0.1) is 12.6 Å². The minimum Gasteiger partial charge on any atom is -0.394 e. The molecule has 1 unspecified atom stereocenters. The average molecular weight is 479 g/mol. The van der Waals surface area contributed by atoms with Crippen molar-refractivity contribution in [1.29, 1.82) is 0 Å². The number of carbonyl (C=O) groups excluding carboxylic acids is 1. The molecular formula is C24H35N2O4PS. The Morgan fingerprint density at radius 3 is 2.16 bits per heavy atom. The van der Waals surface area contributed by atoms with Crippen LogP contribution in [0.4, 0.5) is 5.69 Å². The second-order valence-electron chi connectivity index (χ2n) is 8.48. The van der Waals surface area contributed by atoms with Crippen LogP contribution in [0.5, 0.6) is 0 Å². The maximum atomic E-state index is 14.1. The lowest BCUT2D eigenvalue weighted by atomic mass is 9.80. The number of anilines is 1. The number of unbranched alkanes of at least 4 members (excludes halogenated alkanes) is 1. The third kappa shape index (κ3) is 6.38. The molecule has 0 radical (unpaired) electrons. The quantitative estimate of drug-likeness (QED) is 0.251. The first-order valence-corrected chi connectivity index (χ1v) is 13.8. The number of carbonyl (C=O) groups is 1. The van der Waals surface area contributed by atoms with E-state index in [1.165, 1.54) is 4.67 Å². The maximum absolute atomic E-state index is 14.1. The smallest absolute Gasteiger partial charge is 0.349 e. The van der Waals surface area contributed by atoms with E-state index in [1.54, 1.807) is 36.4 Å². The summed E-state index contributed by atoms with van der Waals surface area (Å²) in [6.45, 7) is 1.51. The molecular weight excluding hydrogens is 443 g/mol. The zero-order chi connectivity index (χ0) is 23.8. The normalized spacial score (nSPS) is 16.1. The lowest BCUT2D eigenvalue weighted by molar-refractivity contribution is -0.128. The molecule has 0 aromatic heterocycles. The number of para-hydroxylation sites is 1. The second-order valence-corrected chi connectivity index (χ2v) is 11.5. The lowest BCUT2D eigenvalue weighted by Crippen LogP contribution is -2.58. The van der Waals surface area contributed by atoms with Crippen LogP contribution in [-0.4, -0.2) is 28.6 Å². The van der Waals surface area contributed by atoms with Crippen molar-refractivity contribution >= 4 is 30.6 Å². The van der Waals surface area contributed by atoms with Crippen molar-refractivity contribution in [3.8, 4) is 0 Å². The maximum Gasteiger partial charge on any atom is 0.349 e. The molecule has 0 fully saturated rings. The predicted molar refractivity (Wildman–Crippen MR) is 134 cm³/mol. The summed E-state index contributed by atoms with van der Waals surface area (Å²) in [5, 5.41) is 12.9. The van der Waals surface area contributed by atoms with Gasteiger partial charge >= 0.3 is 6.72 Å². The van der Waals surface area contributed by atoms with Crippen LogP contribution in [0.2, 0.25) is 0 Å². The number of hydrogen-bond acceptors (Lipinski definition) is 3. The summed E-state index contributed by atoms with van der Waals surface area (Å²) in [5.74, 6) is -0.421. The third-order valence-corrected chi connectivity index (χ3v) is 7.05. The first-order valence-electron chi connectivity index (χ1n) is 11.1. The van der Waals surface area contributed by atoms with Crippen molar-refractivity contribution in [2.45, 2.75) is 58.0 Å². The Morgan fingerprint density at radius 1 is 1.12 bits per heavy atom. The Labute approximate surface area is 196 Å². The highest BCUT2D eigenvalue weighted by Gasteiger charge is 2.52. The fraction of sp³-hybridized carbons (Fsp3) is 0.458. The Bertz CT molecular complexity index is 891. The summed E-state index contributed by atoms with van der Waals surface area (Å²) in [5.41, 5.74) is -0.504. The topological polar surface area (TPSA) is 89.9 Å². The van der Waals surface area contributed by atoms with Gasteiger partial charge in [0.2, 0.25) is 0 Å².